The van der Waals surface area contributed by atoms with Crippen LogP contribution in [-0.4, -0.2) is 31.3 Å². The van der Waals surface area contributed by atoms with Crippen molar-refractivity contribution >= 4 is 28.3 Å². The monoisotopic (exact) mass is 522 g/mol. The predicted octanol–water partition coefficient (Wildman–Crippen LogP) is 7.03. The summed E-state index contributed by atoms with van der Waals surface area (Å²) in [5, 5.41) is 7.15. The minimum atomic E-state index is 0.606. The fourth-order valence-electron chi connectivity index (χ4n) is 5.91. The van der Waals surface area contributed by atoms with Gasteiger partial charge in [-0.25, -0.2) is 9.67 Å². The number of aryl methyl sites for hydroxylation is 2. The average Bonchev–Trinajstić information content (AvgIpc) is 3.57. The van der Waals surface area contributed by atoms with Crippen molar-refractivity contribution in [3.8, 4) is 16.9 Å². The van der Waals surface area contributed by atoms with E-state index in [1.54, 1.807) is 0 Å². The number of aromatic amines is 1. The minimum absolute atomic E-state index is 0.606. The second-order valence-corrected chi connectivity index (χ2v) is 10.8. The van der Waals surface area contributed by atoms with E-state index in [0.717, 1.165) is 76.7 Å². The van der Waals surface area contributed by atoms with E-state index in [2.05, 4.69) is 58.7 Å². The lowest BCUT2D eigenvalue weighted by atomic mass is 9.97. The van der Waals surface area contributed by atoms with Crippen molar-refractivity contribution in [2.75, 3.05) is 11.4 Å². The topological polar surface area (TPSA) is 62.6 Å². The molecule has 1 saturated carbocycles. The van der Waals surface area contributed by atoms with Crippen LogP contribution in [0.2, 0.25) is 5.02 Å². The molecule has 0 radical (unpaired) electrons. The quantitative estimate of drug-likeness (QED) is 0.260. The number of para-hydroxylation sites is 1. The number of H-pyrrole nitrogens is 1. The van der Waals surface area contributed by atoms with Crippen LogP contribution in [0.3, 0.4) is 0 Å². The number of aromatic nitrogens is 5. The molecule has 3 aromatic heterocycles. The lowest BCUT2D eigenvalue weighted by Crippen LogP contribution is -2.31. The fourth-order valence-corrected chi connectivity index (χ4v) is 6.13. The normalized spacial score (nSPS) is 15.3. The standard InChI is InChI=1S/C31H31ClN6/c1-3-19-6-5-7-20(4-2)30(19)38-31(23-10-11-25(32)29-22(23)12-14-33-29)24-18-37(15-13-26(24)36-38)28-17-34-27(16-35-28)21-8-9-21/h5-7,10-12,14,16-17,21,33H,3-4,8-9,13,15,18H2,1-2H3. The van der Waals surface area contributed by atoms with Crippen molar-refractivity contribution in [1.29, 1.82) is 0 Å². The Morgan fingerprint density at radius 2 is 1.82 bits per heavy atom. The maximum atomic E-state index is 6.59. The van der Waals surface area contributed by atoms with Gasteiger partial charge in [0.15, 0.2) is 0 Å². The first kappa shape index (κ1) is 23.5. The van der Waals surface area contributed by atoms with Gasteiger partial charge in [-0.05, 0) is 48.9 Å². The maximum Gasteiger partial charge on any atom is 0.147 e. The Hall–Kier alpha value is -3.64. The SMILES string of the molecule is CCc1cccc(CC)c1-n1nc2c(c1-c1ccc(Cl)c3[nH]ccc13)CN(c1cnc(C3CC3)cn1)CC2. The van der Waals surface area contributed by atoms with Crippen LogP contribution in [0.1, 0.15) is 60.7 Å². The van der Waals surface area contributed by atoms with Crippen LogP contribution in [0.4, 0.5) is 5.82 Å². The molecule has 5 aromatic rings. The number of hydrogen-bond donors (Lipinski definition) is 1. The van der Waals surface area contributed by atoms with Gasteiger partial charge in [-0.15, -0.1) is 0 Å². The van der Waals surface area contributed by atoms with Crippen molar-refractivity contribution in [3.05, 3.63) is 88.1 Å². The molecule has 1 aliphatic carbocycles. The molecule has 6 nitrogen and oxygen atoms in total. The van der Waals surface area contributed by atoms with E-state index in [4.69, 9.17) is 26.7 Å². The van der Waals surface area contributed by atoms with Crippen LogP contribution in [0, 0.1) is 0 Å². The summed E-state index contributed by atoms with van der Waals surface area (Å²) in [6.07, 6.45) is 11.1. The third kappa shape index (κ3) is 3.81. The Morgan fingerprint density at radius 3 is 2.53 bits per heavy atom. The second kappa shape index (κ2) is 9.28. The molecule has 0 saturated heterocycles. The fraction of sp³-hybridized carbons (Fsp3) is 0.323. The van der Waals surface area contributed by atoms with Crippen LogP contribution in [-0.2, 0) is 25.8 Å². The first-order chi connectivity index (χ1) is 18.7. The van der Waals surface area contributed by atoms with Gasteiger partial charge in [-0.1, -0.05) is 49.7 Å². The molecule has 7 heteroatoms. The summed E-state index contributed by atoms with van der Waals surface area (Å²) in [5.74, 6) is 1.54. The van der Waals surface area contributed by atoms with E-state index in [1.807, 2.05) is 24.7 Å². The lowest BCUT2D eigenvalue weighted by molar-refractivity contribution is 0.702. The summed E-state index contributed by atoms with van der Waals surface area (Å²) in [5.41, 5.74) is 10.6. The van der Waals surface area contributed by atoms with Gasteiger partial charge in [0, 0.05) is 48.1 Å². The molecule has 4 heterocycles. The Morgan fingerprint density at radius 1 is 1.00 bits per heavy atom. The first-order valence-corrected chi connectivity index (χ1v) is 14.1. The molecular formula is C31H31ClN6. The molecule has 0 atom stereocenters. The maximum absolute atomic E-state index is 6.59. The van der Waals surface area contributed by atoms with E-state index in [0.29, 0.717) is 5.92 Å². The first-order valence-electron chi connectivity index (χ1n) is 13.7. The number of anilines is 1. The Labute approximate surface area is 227 Å². The number of nitrogens with one attached hydrogen (secondary N) is 1. The van der Waals surface area contributed by atoms with Crippen LogP contribution in [0.25, 0.3) is 27.8 Å². The van der Waals surface area contributed by atoms with Crippen molar-refractivity contribution in [2.24, 2.45) is 0 Å². The van der Waals surface area contributed by atoms with E-state index >= 15 is 0 Å². The number of hydrogen-bond acceptors (Lipinski definition) is 4. The summed E-state index contributed by atoms with van der Waals surface area (Å²) >= 11 is 6.59. The number of benzene rings is 2. The van der Waals surface area contributed by atoms with E-state index in [-0.39, 0.29) is 0 Å². The molecular weight excluding hydrogens is 492 g/mol. The van der Waals surface area contributed by atoms with Gasteiger partial charge in [0.2, 0.25) is 0 Å². The zero-order chi connectivity index (χ0) is 25.8. The molecule has 0 bridgehead atoms. The minimum Gasteiger partial charge on any atom is -0.360 e. The van der Waals surface area contributed by atoms with Gasteiger partial charge in [0.25, 0.3) is 0 Å². The van der Waals surface area contributed by atoms with Gasteiger partial charge >= 0.3 is 0 Å². The largest absolute Gasteiger partial charge is 0.360 e. The summed E-state index contributed by atoms with van der Waals surface area (Å²) in [6.45, 7) is 6.06. The van der Waals surface area contributed by atoms with Crippen LogP contribution in [0.15, 0.2) is 55.0 Å². The highest BCUT2D eigenvalue weighted by Gasteiger charge is 2.30. The summed E-state index contributed by atoms with van der Waals surface area (Å²) in [4.78, 5) is 15.3. The summed E-state index contributed by atoms with van der Waals surface area (Å²) < 4.78 is 2.23. The summed E-state index contributed by atoms with van der Waals surface area (Å²) in [7, 11) is 0. The molecule has 7 rings (SSSR count). The lowest BCUT2D eigenvalue weighted by Gasteiger charge is -2.28. The molecule has 0 unspecified atom stereocenters. The molecule has 0 amide bonds. The van der Waals surface area contributed by atoms with Gasteiger partial charge in [-0.2, -0.15) is 5.10 Å². The molecule has 1 fully saturated rings. The van der Waals surface area contributed by atoms with Crippen molar-refractivity contribution < 1.29 is 0 Å². The van der Waals surface area contributed by atoms with Crippen molar-refractivity contribution in [1.82, 2.24) is 24.7 Å². The second-order valence-electron chi connectivity index (χ2n) is 10.4. The van der Waals surface area contributed by atoms with E-state index in [9.17, 15) is 0 Å². The molecule has 38 heavy (non-hydrogen) atoms. The zero-order valence-electron chi connectivity index (χ0n) is 21.8. The van der Waals surface area contributed by atoms with Gasteiger partial charge < -0.3 is 9.88 Å². The third-order valence-electron chi connectivity index (χ3n) is 8.12. The van der Waals surface area contributed by atoms with Crippen molar-refractivity contribution in [3.63, 3.8) is 0 Å². The summed E-state index contributed by atoms with van der Waals surface area (Å²) in [6, 6.07) is 12.9. The highest BCUT2D eigenvalue weighted by molar-refractivity contribution is 6.35. The molecule has 192 valence electrons. The Kier molecular flexibility index (Phi) is 5.73. The Balaban J connectivity index is 1.42. The molecule has 1 N–H and O–H groups in total. The third-order valence-corrected chi connectivity index (χ3v) is 8.43. The molecule has 0 spiro atoms. The average molecular weight is 523 g/mol. The highest BCUT2D eigenvalue weighted by atomic mass is 35.5. The van der Waals surface area contributed by atoms with E-state index < -0.39 is 0 Å². The number of rotatable bonds is 6. The zero-order valence-corrected chi connectivity index (χ0v) is 22.6. The van der Waals surface area contributed by atoms with Crippen molar-refractivity contribution in [2.45, 2.75) is 58.4 Å². The number of fused-ring (bicyclic) bond motifs is 2. The molecule has 1 aliphatic heterocycles. The van der Waals surface area contributed by atoms with Gasteiger partial charge in [0.05, 0.1) is 45.7 Å². The van der Waals surface area contributed by atoms with Gasteiger partial charge in [0.1, 0.15) is 5.82 Å². The number of halogens is 1. The van der Waals surface area contributed by atoms with Crippen LogP contribution in [0.5, 0.6) is 0 Å². The van der Waals surface area contributed by atoms with E-state index in [1.165, 1.54) is 35.2 Å². The Bertz CT molecular complexity index is 1620. The highest BCUT2D eigenvalue weighted by Crippen LogP contribution is 2.41. The smallest absolute Gasteiger partial charge is 0.147 e. The van der Waals surface area contributed by atoms with Crippen LogP contribution >= 0.6 is 11.6 Å². The van der Waals surface area contributed by atoms with Crippen LogP contribution < -0.4 is 4.90 Å². The van der Waals surface area contributed by atoms with Gasteiger partial charge in [-0.3, -0.25) is 4.98 Å². The predicted molar refractivity (Wildman–Crippen MR) is 153 cm³/mol. The molecule has 2 aromatic carbocycles. The molecule has 2 aliphatic rings. The number of nitrogens with zero attached hydrogens (tertiary/aromatic N) is 5.